The maximum atomic E-state index is 5.00. The number of benzene rings is 3. The van der Waals surface area contributed by atoms with Crippen molar-refractivity contribution in [2.24, 2.45) is 0 Å². The molecule has 1 aliphatic rings. The lowest BCUT2D eigenvalue weighted by Crippen LogP contribution is -2.32. The fourth-order valence-corrected chi connectivity index (χ4v) is 4.38. The van der Waals surface area contributed by atoms with Gasteiger partial charge in [0.25, 0.3) is 0 Å². The van der Waals surface area contributed by atoms with E-state index in [9.17, 15) is 0 Å². The molecule has 3 heterocycles. The Morgan fingerprint density at radius 3 is 2.33 bits per heavy atom. The van der Waals surface area contributed by atoms with Gasteiger partial charge in [-0.25, -0.2) is 4.98 Å². The third kappa shape index (κ3) is 3.80. The summed E-state index contributed by atoms with van der Waals surface area (Å²) in [5.74, 6) is 1.48. The second-order valence-corrected chi connectivity index (χ2v) is 8.27. The van der Waals surface area contributed by atoms with E-state index in [0.29, 0.717) is 6.54 Å². The number of hydrogen-bond acceptors (Lipinski definition) is 5. The van der Waals surface area contributed by atoms with Crippen LogP contribution in [0.1, 0.15) is 16.7 Å². The number of anilines is 2. The number of imidazole rings is 1. The molecule has 1 aliphatic heterocycles. The first-order chi connectivity index (χ1) is 16.3. The molecule has 5 aromatic rings. The summed E-state index contributed by atoms with van der Waals surface area (Å²) in [4.78, 5) is 16.9. The Morgan fingerprint density at radius 1 is 0.788 bits per heavy atom. The SMILES string of the molecule is c1ccc(CNc2nc(N3CCc4ccccc4C3)nc3c2ncn3-c2ccccc2)cc1. The van der Waals surface area contributed by atoms with Crippen molar-refractivity contribution in [2.75, 3.05) is 16.8 Å². The molecule has 6 rings (SSSR count). The van der Waals surface area contributed by atoms with Crippen LogP contribution in [0.15, 0.2) is 91.3 Å². The summed E-state index contributed by atoms with van der Waals surface area (Å²) in [7, 11) is 0. The first kappa shape index (κ1) is 19.5. The van der Waals surface area contributed by atoms with E-state index in [1.54, 1.807) is 0 Å². The van der Waals surface area contributed by atoms with Crippen molar-refractivity contribution >= 4 is 22.9 Å². The summed E-state index contributed by atoms with van der Waals surface area (Å²) in [6.07, 6.45) is 2.82. The summed E-state index contributed by atoms with van der Waals surface area (Å²) >= 11 is 0. The van der Waals surface area contributed by atoms with Crippen molar-refractivity contribution in [1.82, 2.24) is 19.5 Å². The molecule has 3 aromatic carbocycles. The molecule has 0 bridgehead atoms. The Kier molecular flexibility index (Phi) is 4.96. The highest BCUT2D eigenvalue weighted by atomic mass is 15.3. The molecule has 162 valence electrons. The molecule has 0 unspecified atom stereocenters. The van der Waals surface area contributed by atoms with Gasteiger partial charge < -0.3 is 10.2 Å². The van der Waals surface area contributed by atoms with Crippen molar-refractivity contribution in [3.8, 4) is 5.69 Å². The minimum absolute atomic E-state index is 0.674. The van der Waals surface area contributed by atoms with Gasteiger partial charge in [-0.1, -0.05) is 72.8 Å². The van der Waals surface area contributed by atoms with Crippen LogP contribution in [-0.4, -0.2) is 26.1 Å². The summed E-state index contributed by atoms with van der Waals surface area (Å²) < 4.78 is 2.03. The molecule has 6 heteroatoms. The average molecular weight is 433 g/mol. The van der Waals surface area contributed by atoms with Crippen LogP contribution in [0.25, 0.3) is 16.9 Å². The number of para-hydroxylation sites is 1. The van der Waals surface area contributed by atoms with E-state index in [2.05, 4.69) is 63.7 Å². The Morgan fingerprint density at radius 2 is 1.52 bits per heavy atom. The van der Waals surface area contributed by atoms with Crippen molar-refractivity contribution < 1.29 is 0 Å². The Hall–Kier alpha value is -4.19. The highest BCUT2D eigenvalue weighted by Crippen LogP contribution is 2.28. The average Bonchev–Trinajstić information content (AvgIpc) is 3.32. The summed E-state index contributed by atoms with van der Waals surface area (Å²) in [6.45, 7) is 2.37. The van der Waals surface area contributed by atoms with E-state index in [1.807, 2.05) is 47.3 Å². The van der Waals surface area contributed by atoms with Crippen molar-refractivity contribution in [1.29, 1.82) is 0 Å². The van der Waals surface area contributed by atoms with Crippen molar-refractivity contribution in [3.63, 3.8) is 0 Å². The maximum absolute atomic E-state index is 5.00. The van der Waals surface area contributed by atoms with E-state index in [0.717, 1.165) is 48.1 Å². The highest BCUT2D eigenvalue weighted by Gasteiger charge is 2.21. The fraction of sp³-hybridized carbons (Fsp3) is 0.148. The molecule has 0 fully saturated rings. The van der Waals surface area contributed by atoms with Crippen LogP contribution in [-0.2, 0) is 19.5 Å². The predicted octanol–water partition coefficient (Wildman–Crippen LogP) is 4.99. The smallest absolute Gasteiger partial charge is 0.229 e. The molecular formula is C27H24N6. The van der Waals surface area contributed by atoms with Crippen LogP contribution in [0.4, 0.5) is 11.8 Å². The number of nitrogens with zero attached hydrogens (tertiary/aromatic N) is 5. The first-order valence-corrected chi connectivity index (χ1v) is 11.3. The lowest BCUT2D eigenvalue weighted by atomic mass is 10.0. The molecule has 0 saturated carbocycles. The van der Waals surface area contributed by atoms with Crippen LogP contribution in [0.3, 0.4) is 0 Å². The lowest BCUT2D eigenvalue weighted by molar-refractivity contribution is 0.709. The van der Waals surface area contributed by atoms with E-state index in [4.69, 9.17) is 9.97 Å². The van der Waals surface area contributed by atoms with Crippen LogP contribution >= 0.6 is 0 Å². The van der Waals surface area contributed by atoms with Gasteiger partial charge in [0, 0.05) is 25.3 Å². The van der Waals surface area contributed by atoms with Gasteiger partial charge in [0.15, 0.2) is 17.0 Å². The third-order valence-corrected chi connectivity index (χ3v) is 6.13. The molecule has 1 N–H and O–H groups in total. The van der Waals surface area contributed by atoms with Crippen LogP contribution in [0, 0.1) is 0 Å². The zero-order chi connectivity index (χ0) is 22.0. The van der Waals surface area contributed by atoms with Gasteiger partial charge in [-0.2, -0.15) is 9.97 Å². The van der Waals surface area contributed by atoms with Crippen molar-refractivity contribution in [3.05, 3.63) is 108 Å². The molecule has 0 atom stereocenters. The molecule has 0 spiro atoms. The second kappa shape index (κ2) is 8.39. The van der Waals surface area contributed by atoms with Gasteiger partial charge in [0.2, 0.25) is 5.95 Å². The van der Waals surface area contributed by atoms with Gasteiger partial charge in [-0.15, -0.1) is 0 Å². The number of fused-ring (bicyclic) bond motifs is 2. The maximum Gasteiger partial charge on any atom is 0.229 e. The molecule has 0 amide bonds. The summed E-state index contributed by atoms with van der Waals surface area (Å²) in [5.41, 5.74) is 6.55. The minimum atomic E-state index is 0.674. The molecule has 0 radical (unpaired) electrons. The van der Waals surface area contributed by atoms with E-state index in [-0.39, 0.29) is 0 Å². The van der Waals surface area contributed by atoms with Gasteiger partial charge in [0.1, 0.15) is 6.33 Å². The van der Waals surface area contributed by atoms with E-state index in [1.165, 1.54) is 16.7 Å². The van der Waals surface area contributed by atoms with E-state index < -0.39 is 0 Å². The molecule has 2 aromatic heterocycles. The highest BCUT2D eigenvalue weighted by molar-refractivity contribution is 5.85. The number of aromatic nitrogens is 4. The minimum Gasteiger partial charge on any atom is -0.364 e. The van der Waals surface area contributed by atoms with Gasteiger partial charge in [-0.3, -0.25) is 4.57 Å². The lowest BCUT2D eigenvalue weighted by Gasteiger charge is -2.29. The summed E-state index contributed by atoms with van der Waals surface area (Å²) in [6, 6.07) is 29.2. The molecule has 6 nitrogen and oxygen atoms in total. The fourth-order valence-electron chi connectivity index (χ4n) is 4.38. The van der Waals surface area contributed by atoms with E-state index >= 15 is 0 Å². The number of nitrogens with one attached hydrogen (secondary N) is 1. The van der Waals surface area contributed by atoms with Crippen LogP contribution < -0.4 is 10.2 Å². The monoisotopic (exact) mass is 432 g/mol. The normalized spacial score (nSPS) is 13.2. The summed E-state index contributed by atoms with van der Waals surface area (Å²) in [5, 5.41) is 3.51. The van der Waals surface area contributed by atoms with Crippen LogP contribution in [0.5, 0.6) is 0 Å². The zero-order valence-corrected chi connectivity index (χ0v) is 18.2. The first-order valence-electron chi connectivity index (χ1n) is 11.3. The quantitative estimate of drug-likeness (QED) is 0.424. The Bertz CT molecular complexity index is 1390. The molecule has 0 saturated heterocycles. The second-order valence-electron chi connectivity index (χ2n) is 8.27. The topological polar surface area (TPSA) is 58.9 Å². The molecule has 33 heavy (non-hydrogen) atoms. The zero-order valence-electron chi connectivity index (χ0n) is 18.2. The van der Waals surface area contributed by atoms with Crippen LogP contribution in [0.2, 0.25) is 0 Å². The standard InChI is InChI=1S/C27H24N6/c1-3-9-20(10-4-1)17-28-25-24-26(33(19-29-24)23-13-5-2-6-14-23)31-27(30-25)32-16-15-21-11-7-8-12-22(21)18-32/h1-14,19H,15-18H2,(H,28,30,31). The van der Waals surface area contributed by atoms with Gasteiger partial charge in [-0.05, 0) is 35.2 Å². The molecule has 0 aliphatic carbocycles. The van der Waals surface area contributed by atoms with Gasteiger partial charge in [0.05, 0.1) is 0 Å². The molecular weight excluding hydrogens is 408 g/mol. The third-order valence-electron chi connectivity index (χ3n) is 6.13. The number of rotatable bonds is 5. The number of hydrogen-bond donors (Lipinski definition) is 1. The largest absolute Gasteiger partial charge is 0.364 e. The van der Waals surface area contributed by atoms with Crippen molar-refractivity contribution in [2.45, 2.75) is 19.5 Å². The Labute approximate surface area is 192 Å². The van der Waals surface area contributed by atoms with Gasteiger partial charge >= 0.3 is 0 Å². The Balaban J connectivity index is 1.42. The predicted molar refractivity (Wildman–Crippen MR) is 132 cm³/mol.